The van der Waals surface area contributed by atoms with Gasteiger partial charge in [-0.3, -0.25) is 14.4 Å². The van der Waals surface area contributed by atoms with Crippen molar-refractivity contribution in [2.24, 2.45) is 11.0 Å². The Morgan fingerprint density at radius 2 is 1.91 bits per heavy atom. The van der Waals surface area contributed by atoms with Crippen LogP contribution in [0, 0.1) is 5.92 Å². The standard InChI is InChI=1S/C25H25N5O3/c1-3-30(4-2)25(33)22-19-13-26-29-24(32)18-10-15(11-20(28-22)21(18)19)27-23(31)17-12-16(17)14-8-6-5-7-9-14/h5-11,13,16-17,28H,3-4,12H2,1-2H3,(H,27,31)(H,29,32)/t16-,17+/m0/s1. The molecule has 168 valence electrons. The Hall–Kier alpha value is -3.94. The van der Waals surface area contributed by atoms with E-state index in [1.807, 2.05) is 44.2 Å². The summed E-state index contributed by atoms with van der Waals surface area (Å²) in [6.45, 7) is 4.97. The minimum absolute atomic E-state index is 0.0769. The summed E-state index contributed by atoms with van der Waals surface area (Å²) < 4.78 is 0. The lowest BCUT2D eigenvalue weighted by Gasteiger charge is -2.18. The smallest absolute Gasteiger partial charge is 0.272 e. The average Bonchev–Trinajstić information content (AvgIpc) is 3.57. The first-order valence-corrected chi connectivity index (χ1v) is 11.2. The predicted molar refractivity (Wildman–Crippen MR) is 127 cm³/mol. The van der Waals surface area contributed by atoms with Crippen molar-refractivity contribution >= 4 is 40.5 Å². The first-order chi connectivity index (χ1) is 16.0. The van der Waals surface area contributed by atoms with Crippen molar-refractivity contribution in [2.75, 3.05) is 18.4 Å². The minimum Gasteiger partial charge on any atom is -0.350 e. The van der Waals surface area contributed by atoms with Crippen molar-refractivity contribution in [1.29, 1.82) is 0 Å². The van der Waals surface area contributed by atoms with Crippen LogP contribution in [0.3, 0.4) is 0 Å². The lowest BCUT2D eigenvalue weighted by Crippen LogP contribution is -2.31. The number of aromatic amines is 1. The Labute approximate surface area is 191 Å². The molecule has 0 spiro atoms. The van der Waals surface area contributed by atoms with Crippen molar-refractivity contribution < 1.29 is 14.4 Å². The third kappa shape index (κ3) is 3.67. The fourth-order valence-corrected chi connectivity index (χ4v) is 4.58. The number of anilines is 1. The van der Waals surface area contributed by atoms with Gasteiger partial charge in [0.2, 0.25) is 5.91 Å². The lowest BCUT2D eigenvalue weighted by molar-refractivity contribution is -0.117. The summed E-state index contributed by atoms with van der Waals surface area (Å²) in [5.41, 5.74) is 6.06. The number of hydrazone groups is 1. The van der Waals surface area contributed by atoms with Crippen LogP contribution in [0.5, 0.6) is 0 Å². The first kappa shape index (κ1) is 20.9. The highest BCUT2D eigenvalue weighted by Crippen LogP contribution is 2.48. The van der Waals surface area contributed by atoms with Gasteiger partial charge in [0.25, 0.3) is 11.8 Å². The number of carbonyl (C=O) groups excluding carboxylic acids is 3. The van der Waals surface area contributed by atoms with E-state index in [9.17, 15) is 14.4 Å². The highest BCUT2D eigenvalue weighted by Gasteiger charge is 2.44. The summed E-state index contributed by atoms with van der Waals surface area (Å²) in [5.74, 6) is -0.512. The van der Waals surface area contributed by atoms with Crippen LogP contribution in [0.1, 0.15) is 58.2 Å². The molecule has 3 aromatic rings. The second-order valence-corrected chi connectivity index (χ2v) is 8.39. The molecule has 1 aliphatic heterocycles. The summed E-state index contributed by atoms with van der Waals surface area (Å²) in [5, 5.41) is 7.57. The molecule has 2 heterocycles. The number of hydrogen-bond donors (Lipinski definition) is 3. The molecular formula is C25H25N5O3. The highest BCUT2D eigenvalue weighted by molar-refractivity contribution is 6.19. The molecule has 0 saturated heterocycles. The van der Waals surface area contributed by atoms with E-state index in [4.69, 9.17) is 0 Å². The van der Waals surface area contributed by atoms with E-state index in [0.29, 0.717) is 46.5 Å². The van der Waals surface area contributed by atoms with Gasteiger partial charge >= 0.3 is 0 Å². The molecule has 2 aromatic carbocycles. The van der Waals surface area contributed by atoms with E-state index in [2.05, 4.69) is 20.8 Å². The quantitative estimate of drug-likeness (QED) is 0.543. The number of hydrogen-bond acceptors (Lipinski definition) is 4. The molecule has 1 aromatic heterocycles. The molecule has 2 aliphatic rings. The predicted octanol–water partition coefficient (Wildman–Crippen LogP) is 3.47. The van der Waals surface area contributed by atoms with Crippen LogP contribution in [0.15, 0.2) is 47.6 Å². The van der Waals surface area contributed by atoms with Gasteiger partial charge in [0, 0.05) is 41.2 Å². The van der Waals surface area contributed by atoms with Gasteiger partial charge < -0.3 is 15.2 Å². The first-order valence-electron chi connectivity index (χ1n) is 11.2. The van der Waals surface area contributed by atoms with Crippen LogP contribution in [0.2, 0.25) is 0 Å². The number of aromatic nitrogens is 1. The molecule has 0 radical (unpaired) electrons. The maximum Gasteiger partial charge on any atom is 0.272 e. The maximum absolute atomic E-state index is 13.1. The Kier molecular flexibility index (Phi) is 5.20. The zero-order chi connectivity index (χ0) is 23.1. The van der Waals surface area contributed by atoms with Gasteiger partial charge in [-0.15, -0.1) is 0 Å². The lowest BCUT2D eigenvalue weighted by atomic mass is 10.0. The number of rotatable bonds is 6. The second kappa shape index (κ2) is 8.20. The van der Waals surface area contributed by atoms with Crippen molar-refractivity contribution in [3.05, 3.63) is 64.8 Å². The Balaban J connectivity index is 1.48. The molecule has 2 atom stereocenters. The monoisotopic (exact) mass is 443 g/mol. The van der Waals surface area contributed by atoms with Gasteiger partial charge in [-0.1, -0.05) is 30.3 Å². The van der Waals surface area contributed by atoms with Gasteiger partial charge in [0.1, 0.15) is 5.69 Å². The third-order valence-electron chi connectivity index (χ3n) is 6.43. The Morgan fingerprint density at radius 1 is 1.15 bits per heavy atom. The third-order valence-corrected chi connectivity index (χ3v) is 6.43. The van der Waals surface area contributed by atoms with E-state index < -0.39 is 0 Å². The van der Waals surface area contributed by atoms with Crippen molar-refractivity contribution in [3.8, 4) is 0 Å². The molecule has 1 saturated carbocycles. The molecule has 5 rings (SSSR count). The number of nitrogens with zero attached hydrogens (tertiary/aromatic N) is 2. The number of amides is 3. The number of carbonyl (C=O) groups is 3. The highest BCUT2D eigenvalue weighted by atomic mass is 16.2. The van der Waals surface area contributed by atoms with E-state index >= 15 is 0 Å². The molecule has 3 N–H and O–H groups in total. The second-order valence-electron chi connectivity index (χ2n) is 8.39. The summed E-state index contributed by atoms with van der Waals surface area (Å²) in [6, 6.07) is 13.4. The van der Waals surface area contributed by atoms with Crippen LogP contribution in [0.4, 0.5) is 5.69 Å². The van der Waals surface area contributed by atoms with Gasteiger partial charge in [-0.05, 0) is 43.9 Å². The fraction of sp³-hybridized carbons (Fsp3) is 0.280. The molecule has 33 heavy (non-hydrogen) atoms. The van der Waals surface area contributed by atoms with Crippen molar-refractivity contribution in [2.45, 2.75) is 26.2 Å². The van der Waals surface area contributed by atoms with Crippen LogP contribution < -0.4 is 10.7 Å². The average molecular weight is 444 g/mol. The summed E-state index contributed by atoms with van der Waals surface area (Å²) >= 11 is 0. The molecule has 0 unspecified atom stereocenters. The fourth-order valence-electron chi connectivity index (χ4n) is 4.58. The van der Waals surface area contributed by atoms with Crippen molar-refractivity contribution in [3.63, 3.8) is 0 Å². The van der Waals surface area contributed by atoms with E-state index in [1.54, 1.807) is 17.0 Å². The molecule has 3 amide bonds. The van der Waals surface area contributed by atoms with Gasteiger partial charge in [-0.2, -0.15) is 5.10 Å². The van der Waals surface area contributed by atoms with Crippen LogP contribution in [-0.2, 0) is 4.79 Å². The molecular weight excluding hydrogens is 418 g/mol. The SMILES string of the molecule is CCN(CC)C(=O)c1[nH]c2cc(NC(=O)[C@@H]3C[C@H]3c3ccccc3)cc3c2c1C=NNC3=O. The van der Waals surface area contributed by atoms with E-state index in [1.165, 1.54) is 6.21 Å². The van der Waals surface area contributed by atoms with Crippen LogP contribution in [0.25, 0.3) is 10.9 Å². The zero-order valence-corrected chi connectivity index (χ0v) is 18.5. The van der Waals surface area contributed by atoms with Gasteiger partial charge in [0.05, 0.1) is 11.8 Å². The van der Waals surface area contributed by atoms with E-state index in [0.717, 1.165) is 12.0 Å². The number of benzene rings is 2. The van der Waals surface area contributed by atoms with Gasteiger partial charge in [-0.25, -0.2) is 5.43 Å². The van der Waals surface area contributed by atoms with Crippen LogP contribution in [-0.4, -0.2) is 46.9 Å². The molecule has 1 fully saturated rings. The topological polar surface area (TPSA) is 107 Å². The molecule has 1 aliphatic carbocycles. The van der Waals surface area contributed by atoms with Crippen LogP contribution >= 0.6 is 0 Å². The molecule has 8 heteroatoms. The normalized spacial score (nSPS) is 18.5. The number of H-pyrrole nitrogens is 1. The Bertz CT molecular complexity index is 1290. The Morgan fingerprint density at radius 3 is 2.64 bits per heavy atom. The summed E-state index contributed by atoms with van der Waals surface area (Å²) in [4.78, 5) is 43.5. The van der Waals surface area contributed by atoms with Gasteiger partial charge in [0.15, 0.2) is 0 Å². The minimum atomic E-state index is -0.388. The largest absolute Gasteiger partial charge is 0.350 e. The number of nitrogens with one attached hydrogen (secondary N) is 3. The zero-order valence-electron chi connectivity index (χ0n) is 18.5. The maximum atomic E-state index is 13.1. The van der Waals surface area contributed by atoms with E-state index in [-0.39, 0.29) is 29.6 Å². The summed E-state index contributed by atoms with van der Waals surface area (Å²) in [6.07, 6.45) is 2.30. The van der Waals surface area contributed by atoms with Crippen molar-refractivity contribution in [1.82, 2.24) is 15.3 Å². The molecule has 8 nitrogen and oxygen atoms in total. The summed E-state index contributed by atoms with van der Waals surface area (Å²) in [7, 11) is 0. The molecule has 0 bridgehead atoms.